The zero-order valence-electron chi connectivity index (χ0n) is 15.8. The van der Waals surface area contributed by atoms with Gasteiger partial charge in [0.1, 0.15) is 6.54 Å². The van der Waals surface area contributed by atoms with Crippen molar-refractivity contribution >= 4 is 22.6 Å². The highest BCUT2D eigenvalue weighted by Gasteiger charge is 2.28. The van der Waals surface area contributed by atoms with E-state index in [4.69, 9.17) is 0 Å². The van der Waals surface area contributed by atoms with Crippen LogP contribution in [0.4, 0.5) is 0 Å². The quantitative estimate of drug-likeness (QED) is 0.737. The molecule has 0 bridgehead atoms. The number of benzene rings is 2. The normalized spacial score (nSPS) is 16.7. The van der Waals surface area contributed by atoms with E-state index in [0.717, 1.165) is 21.0 Å². The van der Waals surface area contributed by atoms with Gasteiger partial charge in [-0.3, -0.25) is 14.4 Å². The van der Waals surface area contributed by atoms with E-state index in [9.17, 15) is 19.5 Å². The van der Waals surface area contributed by atoms with E-state index in [-0.39, 0.29) is 24.6 Å². The number of hydrogen-bond acceptors (Lipinski definition) is 4. The maximum Gasteiger partial charge on any atom is 0.308 e. The molecule has 1 fully saturated rings. The summed E-state index contributed by atoms with van der Waals surface area (Å²) in [6, 6.07) is 16.8. The summed E-state index contributed by atoms with van der Waals surface area (Å²) in [5.41, 5.74) is 1.12. The number of aromatic nitrogens is 2. The molecule has 7 nitrogen and oxygen atoms in total. The molecule has 1 amide bonds. The maximum atomic E-state index is 12.7. The minimum absolute atomic E-state index is 0.173. The summed E-state index contributed by atoms with van der Waals surface area (Å²) in [4.78, 5) is 37.7. The first-order valence-corrected chi connectivity index (χ1v) is 9.60. The molecule has 1 aromatic heterocycles. The lowest BCUT2D eigenvalue weighted by Gasteiger charge is -2.30. The van der Waals surface area contributed by atoms with Gasteiger partial charge in [-0.1, -0.05) is 42.5 Å². The van der Waals surface area contributed by atoms with Crippen molar-refractivity contribution in [3.8, 4) is 11.3 Å². The SMILES string of the molecule is O=C(O)[C@H]1CCCN(C(=O)Cn2nc(-c3cccc4ccccc34)ccc2=O)C1. The van der Waals surface area contributed by atoms with E-state index in [1.54, 1.807) is 6.07 Å². The fraction of sp³-hybridized carbons (Fsp3) is 0.273. The standard InChI is InChI=1S/C22H21N3O4/c26-20-11-10-19(18-9-3-6-15-5-1-2-8-17(15)18)23-25(20)14-21(27)24-12-4-7-16(13-24)22(28)29/h1-3,5-6,8-11,16H,4,7,12-14H2,(H,28,29)/t16-/m0/s1. The van der Waals surface area contributed by atoms with E-state index in [0.29, 0.717) is 25.1 Å². The smallest absolute Gasteiger partial charge is 0.308 e. The van der Waals surface area contributed by atoms with Gasteiger partial charge in [-0.25, -0.2) is 4.68 Å². The van der Waals surface area contributed by atoms with Gasteiger partial charge in [-0.05, 0) is 29.7 Å². The summed E-state index contributed by atoms with van der Waals surface area (Å²) in [7, 11) is 0. The molecule has 2 aromatic carbocycles. The van der Waals surface area contributed by atoms with E-state index in [2.05, 4.69) is 5.10 Å². The fourth-order valence-corrected chi connectivity index (χ4v) is 3.79. The number of carbonyl (C=O) groups excluding carboxylic acids is 1. The lowest BCUT2D eigenvalue weighted by molar-refractivity contribution is -0.145. The van der Waals surface area contributed by atoms with Crippen molar-refractivity contribution in [3.63, 3.8) is 0 Å². The number of hydrogen-bond donors (Lipinski definition) is 1. The first kappa shape index (κ1) is 18.9. The molecule has 1 aliphatic heterocycles. The van der Waals surface area contributed by atoms with Crippen LogP contribution in [0.25, 0.3) is 22.0 Å². The lowest BCUT2D eigenvalue weighted by atomic mass is 9.98. The zero-order valence-corrected chi connectivity index (χ0v) is 15.8. The summed E-state index contributed by atoms with van der Waals surface area (Å²) in [5.74, 6) is -1.74. The molecule has 2 heterocycles. The first-order chi connectivity index (χ1) is 14.0. The molecule has 4 rings (SSSR count). The third-order valence-corrected chi connectivity index (χ3v) is 5.34. The van der Waals surface area contributed by atoms with E-state index in [1.807, 2.05) is 42.5 Å². The van der Waals surface area contributed by atoms with Crippen molar-refractivity contribution in [2.75, 3.05) is 13.1 Å². The Hall–Kier alpha value is -3.48. The molecule has 0 unspecified atom stereocenters. The number of amides is 1. The monoisotopic (exact) mass is 391 g/mol. The highest BCUT2D eigenvalue weighted by Crippen LogP contribution is 2.26. The Kier molecular flexibility index (Phi) is 5.12. The van der Waals surface area contributed by atoms with Crippen LogP contribution < -0.4 is 5.56 Å². The number of fused-ring (bicyclic) bond motifs is 1. The second kappa shape index (κ2) is 7.87. The molecule has 1 saturated heterocycles. The Morgan fingerprint density at radius 2 is 1.86 bits per heavy atom. The van der Waals surface area contributed by atoms with Gasteiger partial charge in [-0.15, -0.1) is 0 Å². The Bertz CT molecular complexity index is 1130. The van der Waals surface area contributed by atoms with Gasteiger partial charge in [0.2, 0.25) is 5.91 Å². The highest BCUT2D eigenvalue weighted by molar-refractivity contribution is 5.95. The van der Waals surface area contributed by atoms with Crippen LogP contribution in [0.1, 0.15) is 12.8 Å². The molecule has 0 spiro atoms. The van der Waals surface area contributed by atoms with Crippen LogP contribution in [0.3, 0.4) is 0 Å². The molecule has 0 radical (unpaired) electrons. The summed E-state index contributed by atoms with van der Waals surface area (Å²) in [6.45, 7) is 0.468. The third-order valence-electron chi connectivity index (χ3n) is 5.34. The van der Waals surface area contributed by atoms with E-state index in [1.165, 1.54) is 11.0 Å². The van der Waals surface area contributed by atoms with Gasteiger partial charge in [-0.2, -0.15) is 5.10 Å². The first-order valence-electron chi connectivity index (χ1n) is 9.60. The number of nitrogens with zero attached hydrogens (tertiary/aromatic N) is 3. The lowest BCUT2D eigenvalue weighted by Crippen LogP contribution is -2.44. The molecule has 0 saturated carbocycles. The van der Waals surface area contributed by atoms with Crippen molar-refractivity contribution in [2.24, 2.45) is 5.92 Å². The van der Waals surface area contributed by atoms with Crippen LogP contribution in [0.2, 0.25) is 0 Å². The number of aliphatic carboxylic acids is 1. The maximum absolute atomic E-state index is 12.7. The van der Waals surface area contributed by atoms with Crippen molar-refractivity contribution in [1.82, 2.24) is 14.7 Å². The average Bonchev–Trinajstić information content (AvgIpc) is 2.75. The second-order valence-electron chi connectivity index (χ2n) is 7.26. The summed E-state index contributed by atoms with van der Waals surface area (Å²) >= 11 is 0. The number of likely N-dealkylation sites (tertiary alicyclic amines) is 1. The van der Waals surface area contributed by atoms with Crippen molar-refractivity contribution in [3.05, 3.63) is 65.0 Å². The van der Waals surface area contributed by atoms with Gasteiger partial charge < -0.3 is 10.0 Å². The minimum atomic E-state index is -0.893. The summed E-state index contributed by atoms with van der Waals surface area (Å²) < 4.78 is 1.16. The van der Waals surface area contributed by atoms with Crippen LogP contribution >= 0.6 is 0 Å². The van der Waals surface area contributed by atoms with Crippen molar-refractivity contribution < 1.29 is 14.7 Å². The largest absolute Gasteiger partial charge is 0.481 e. The van der Waals surface area contributed by atoms with E-state index >= 15 is 0 Å². The molecular weight excluding hydrogens is 370 g/mol. The predicted octanol–water partition coefficient (Wildman–Crippen LogP) is 2.39. The molecule has 29 heavy (non-hydrogen) atoms. The zero-order chi connectivity index (χ0) is 20.4. The molecule has 1 aliphatic rings. The number of carboxylic acids is 1. The fourth-order valence-electron chi connectivity index (χ4n) is 3.79. The minimum Gasteiger partial charge on any atom is -0.481 e. The van der Waals surface area contributed by atoms with Gasteiger partial charge in [0.05, 0.1) is 11.6 Å². The number of piperidine rings is 1. The van der Waals surface area contributed by atoms with Gasteiger partial charge in [0.25, 0.3) is 5.56 Å². The molecule has 1 N–H and O–H groups in total. The summed E-state index contributed by atoms with van der Waals surface area (Å²) in [5, 5.41) is 15.7. The van der Waals surface area contributed by atoms with E-state index < -0.39 is 11.9 Å². The third kappa shape index (κ3) is 3.89. The molecular formula is C22H21N3O4. The number of rotatable bonds is 4. The Morgan fingerprint density at radius 1 is 1.07 bits per heavy atom. The average molecular weight is 391 g/mol. The number of carboxylic acid groups (broad SMARTS) is 1. The van der Waals surface area contributed by atoms with Crippen LogP contribution in [-0.4, -0.2) is 44.8 Å². The Labute approximate surface area is 167 Å². The van der Waals surface area contributed by atoms with Crippen LogP contribution in [0.5, 0.6) is 0 Å². The predicted molar refractivity (Wildman–Crippen MR) is 108 cm³/mol. The highest BCUT2D eigenvalue weighted by atomic mass is 16.4. The van der Waals surface area contributed by atoms with Gasteiger partial charge >= 0.3 is 5.97 Å². The second-order valence-corrected chi connectivity index (χ2v) is 7.26. The van der Waals surface area contributed by atoms with Gasteiger partial charge in [0, 0.05) is 24.7 Å². The van der Waals surface area contributed by atoms with Crippen molar-refractivity contribution in [2.45, 2.75) is 19.4 Å². The topological polar surface area (TPSA) is 92.5 Å². The molecule has 148 valence electrons. The summed E-state index contributed by atoms with van der Waals surface area (Å²) in [6.07, 6.45) is 1.20. The van der Waals surface area contributed by atoms with Crippen LogP contribution in [0.15, 0.2) is 59.4 Å². The molecule has 3 aromatic rings. The van der Waals surface area contributed by atoms with Gasteiger partial charge in [0.15, 0.2) is 0 Å². The Balaban J connectivity index is 1.61. The number of carbonyl (C=O) groups is 2. The van der Waals surface area contributed by atoms with Crippen LogP contribution in [-0.2, 0) is 16.1 Å². The molecule has 7 heteroatoms. The molecule has 1 atom stereocenters. The van der Waals surface area contributed by atoms with Crippen LogP contribution in [0, 0.1) is 5.92 Å². The molecule has 0 aliphatic carbocycles. The Morgan fingerprint density at radius 3 is 2.69 bits per heavy atom. The van der Waals surface area contributed by atoms with Crippen molar-refractivity contribution in [1.29, 1.82) is 0 Å².